The zero-order valence-corrected chi connectivity index (χ0v) is 15.0. The molecule has 2 heterocycles. The van der Waals surface area contributed by atoms with E-state index in [-0.39, 0.29) is 5.82 Å². The number of ether oxygens (including phenoxy) is 2. The van der Waals surface area contributed by atoms with Gasteiger partial charge in [0.25, 0.3) is 0 Å². The molecule has 0 saturated carbocycles. The first-order chi connectivity index (χ1) is 12.7. The molecule has 8 heteroatoms. The Kier molecular flexibility index (Phi) is 4.26. The van der Waals surface area contributed by atoms with E-state index in [2.05, 4.69) is 15.3 Å². The quantitative estimate of drug-likeness (QED) is 0.537. The lowest BCUT2D eigenvalue weighted by atomic mass is 10.1. The zero-order chi connectivity index (χ0) is 18.1. The molecule has 0 unspecified atom stereocenters. The second-order valence-electron chi connectivity index (χ2n) is 5.59. The highest BCUT2D eigenvalue weighted by molar-refractivity contribution is 7.16. The van der Waals surface area contributed by atoms with Crippen molar-refractivity contribution in [2.75, 3.05) is 14.2 Å². The van der Waals surface area contributed by atoms with Crippen molar-refractivity contribution < 1.29 is 13.9 Å². The normalized spacial score (nSPS) is 11.0. The molecule has 0 spiro atoms. The fourth-order valence-corrected chi connectivity index (χ4v) is 3.54. The van der Waals surface area contributed by atoms with Crippen LogP contribution in [0.3, 0.4) is 0 Å². The third-order valence-corrected chi connectivity index (χ3v) is 4.84. The molecule has 0 amide bonds. The van der Waals surface area contributed by atoms with Gasteiger partial charge in [0.05, 0.1) is 14.2 Å². The van der Waals surface area contributed by atoms with Crippen LogP contribution >= 0.6 is 11.3 Å². The van der Waals surface area contributed by atoms with Crippen molar-refractivity contribution in [2.45, 2.75) is 6.42 Å². The van der Waals surface area contributed by atoms with Crippen molar-refractivity contribution in [3.63, 3.8) is 0 Å². The largest absolute Gasteiger partial charge is 0.493 e. The van der Waals surface area contributed by atoms with Gasteiger partial charge in [0.2, 0.25) is 4.96 Å². The molecule has 132 valence electrons. The highest BCUT2D eigenvalue weighted by Gasteiger charge is 2.14. The maximum atomic E-state index is 13.1. The standard InChI is InChI=1S/C18H15FN4O2S/c1-24-14-8-3-11(9-15(14)25-2)10-16-22-23-17(20-21-18(23)26-16)12-4-6-13(19)7-5-12/h3-9H,10H2,1-2H3. The number of aromatic nitrogens is 4. The number of nitrogens with zero attached hydrogens (tertiary/aromatic N) is 4. The summed E-state index contributed by atoms with van der Waals surface area (Å²) in [6, 6.07) is 11.9. The summed E-state index contributed by atoms with van der Waals surface area (Å²) in [7, 11) is 3.22. The minimum atomic E-state index is -0.290. The first-order valence-electron chi connectivity index (χ1n) is 7.86. The Hall–Kier alpha value is -3.00. The first-order valence-corrected chi connectivity index (χ1v) is 8.67. The summed E-state index contributed by atoms with van der Waals surface area (Å²) in [5.41, 5.74) is 1.82. The van der Waals surface area contributed by atoms with Gasteiger partial charge in [-0.2, -0.15) is 9.61 Å². The molecule has 0 aliphatic carbocycles. The zero-order valence-electron chi connectivity index (χ0n) is 14.1. The van der Waals surface area contributed by atoms with Gasteiger partial charge < -0.3 is 9.47 Å². The molecule has 0 aliphatic heterocycles. The van der Waals surface area contributed by atoms with Crippen LogP contribution in [0.1, 0.15) is 10.6 Å². The van der Waals surface area contributed by atoms with Crippen LogP contribution in [-0.2, 0) is 6.42 Å². The van der Waals surface area contributed by atoms with Crippen LogP contribution in [-0.4, -0.2) is 34.0 Å². The van der Waals surface area contributed by atoms with E-state index in [1.807, 2.05) is 18.2 Å². The SMILES string of the molecule is COc1ccc(Cc2nn3c(-c4ccc(F)cc4)nnc3s2)cc1OC. The summed E-state index contributed by atoms with van der Waals surface area (Å²) in [4.78, 5) is 0.694. The number of methoxy groups -OCH3 is 2. The smallest absolute Gasteiger partial charge is 0.234 e. The summed E-state index contributed by atoms with van der Waals surface area (Å²) >= 11 is 1.47. The lowest BCUT2D eigenvalue weighted by molar-refractivity contribution is 0.354. The Bertz CT molecular complexity index is 1060. The van der Waals surface area contributed by atoms with Crippen LogP contribution in [0.4, 0.5) is 4.39 Å². The first kappa shape index (κ1) is 16.5. The average molecular weight is 370 g/mol. The van der Waals surface area contributed by atoms with Gasteiger partial charge in [0.1, 0.15) is 10.8 Å². The van der Waals surface area contributed by atoms with E-state index in [1.54, 1.807) is 30.9 Å². The molecule has 2 aromatic carbocycles. The van der Waals surface area contributed by atoms with Gasteiger partial charge in [-0.3, -0.25) is 0 Å². The van der Waals surface area contributed by atoms with E-state index < -0.39 is 0 Å². The van der Waals surface area contributed by atoms with E-state index in [0.29, 0.717) is 28.7 Å². The number of hydrogen-bond acceptors (Lipinski definition) is 6. The monoisotopic (exact) mass is 370 g/mol. The molecule has 4 aromatic rings. The van der Waals surface area contributed by atoms with Crippen LogP contribution in [0.25, 0.3) is 16.3 Å². The molecular formula is C18H15FN4O2S. The number of hydrogen-bond donors (Lipinski definition) is 0. The van der Waals surface area contributed by atoms with Gasteiger partial charge in [-0.1, -0.05) is 17.4 Å². The van der Waals surface area contributed by atoms with E-state index >= 15 is 0 Å². The summed E-state index contributed by atoms with van der Waals surface area (Å²) in [5.74, 6) is 1.67. The molecule has 0 radical (unpaired) electrons. The van der Waals surface area contributed by atoms with Crippen molar-refractivity contribution in [2.24, 2.45) is 0 Å². The second-order valence-corrected chi connectivity index (χ2v) is 6.63. The Morgan fingerprint density at radius 3 is 2.50 bits per heavy atom. The molecule has 0 aliphatic rings. The van der Waals surface area contributed by atoms with Crippen LogP contribution < -0.4 is 9.47 Å². The van der Waals surface area contributed by atoms with Gasteiger partial charge in [0.15, 0.2) is 17.3 Å². The predicted octanol–water partition coefficient (Wildman–Crippen LogP) is 3.60. The lowest BCUT2D eigenvalue weighted by Crippen LogP contribution is -1.95. The van der Waals surface area contributed by atoms with E-state index in [9.17, 15) is 4.39 Å². The fraction of sp³-hybridized carbons (Fsp3) is 0.167. The maximum Gasteiger partial charge on any atom is 0.234 e. The summed E-state index contributed by atoms with van der Waals surface area (Å²) in [6.07, 6.45) is 0.636. The van der Waals surface area contributed by atoms with Crippen molar-refractivity contribution in [3.05, 3.63) is 58.9 Å². The summed E-state index contributed by atoms with van der Waals surface area (Å²) in [6.45, 7) is 0. The third-order valence-electron chi connectivity index (χ3n) is 3.94. The molecule has 0 atom stereocenters. The van der Waals surface area contributed by atoms with Gasteiger partial charge in [-0.05, 0) is 42.0 Å². The Balaban J connectivity index is 1.65. The molecule has 0 bridgehead atoms. The van der Waals surface area contributed by atoms with Gasteiger partial charge >= 0.3 is 0 Å². The average Bonchev–Trinajstić information content (AvgIpc) is 3.22. The molecular weight excluding hydrogens is 355 g/mol. The van der Waals surface area contributed by atoms with Gasteiger partial charge in [-0.15, -0.1) is 10.2 Å². The predicted molar refractivity (Wildman–Crippen MR) is 96.4 cm³/mol. The number of halogens is 1. The fourth-order valence-electron chi connectivity index (χ4n) is 2.67. The van der Waals surface area contributed by atoms with E-state index in [4.69, 9.17) is 9.47 Å². The van der Waals surface area contributed by atoms with Crippen LogP contribution in [0.2, 0.25) is 0 Å². The van der Waals surface area contributed by atoms with Crippen LogP contribution in [0.5, 0.6) is 11.5 Å². The van der Waals surface area contributed by atoms with Gasteiger partial charge in [-0.25, -0.2) is 4.39 Å². The molecule has 2 aromatic heterocycles. The second kappa shape index (κ2) is 6.72. The molecule has 0 fully saturated rings. The van der Waals surface area contributed by atoms with Crippen LogP contribution in [0.15, 0.2) is 42.5 Å². The third kappa shape index (κ3) is 2.99. The summed E-state index contributed by atoms with van der Waals surface area (Å²) in [5, 5.41) is 13.8. The number of rotatable bonds is 5. The number of benzene rings is 2. The van der Waals surface area contributed by atoms with Crippen molar-refractivity contribution in [1.29, 1.82) is 0 Å². The van der Waals surface area contributed by atoms with E-state index in [0.717, 1.165) is 16.1 Å². The molecule has 0 N–H and O–H groups in total. The Morgan fingerprint density at radius 2 is 1.77 bits per heavy atom. The highest BCUT2D eigenvalue weighted by atomic mass is 32.1. The Morgan fingerprint density at radius 1 is 1.00 bits per heavy atom. The Labute approximate surface area is 152 Å². The van der Waals surface area contributed by atoms with Gasteiger partial charge in [0, 0.05) is 12.0 Å². The molecule has 4 rings (SSSR count). The highest BCUT2D eigenvalue weighted by Crippen LogP contribution is 2.29. The molecule has 6 nitrogen and oxygen atoms in total. The van der Waals surface area contributed by atoms with E-state index in [1.165, 1.54) is 23.5 Å². The summed E-state index contributed by atoms with van der Waals surface area (Å²) < 4.78 is 25.4. The maximum absolute atomic E-state index is 13.1. The van der Waals surface area contributed by atoms with Crippen molar-refractivity contribution in [3.8, 4) is 22.9 Å². The van der Waals surface area contributed by atoms with Crippen molar-refractivity contribution >= 4 is 16.3 Å². The topological polar surface area (TPSA) is 61.5 Å². The minimum Gasteiger partial charge on any atom is -0.493 e. The minimum absolute atomic E-state index is 0.290. The molecule has 0 saturated heterocycles. The van der Waals surface area contributed by atoms with Crippen LogP contribution in [0, 0.1) is 5.82 Å². The lowest BCUT2D eigenvalue weighted by Gasteiger charge is -2.08. The molecule has 26 heavy (non-hydrogen) atoms. The number of fused-ring (bicyclic) bond motifs is 1. The van der Waals surface area contributed by atoms with Crippen molar-refractivity contribution in [1.82, 2.24) is 19.8 Å².